The summed E-state index contributed by atoms with van der Waals surface area (Å²) in [7, 11) is 0. The van der Waals surface area contributed by atoms with Crippen molar-refractivity contribution in [2.45, 2.75) is 25.0 Å². The smallest absolute Gasteiger partial charge is 0.348 e. The molecule has 1 saturated heterocycles. The summed E-state index contributed by atoms with van der Waals surface area (Å²) < 4.78 is 51.0. The van der Waals surface area contributed by atoms with Crippen LogP contribution in [-0.4, -0.2) is 18.9 Å². The van der Waals surface area contributed by atoms with Crippen molar-refractivity contribution < 1.29 is 22.6 Å². The van der Waals surface area contributed by atoms with Crippen LogP contribution in [0, 0.1) is 5.92 Å². The summed E-state index contributed by atoms with van der Waals surface area (Å²) in [6.45, 7) is 0.0125. The topological polar surface area (TPSA) is 18.5 Å². The largest absolute Gasteiger partial charge is 0.415 e. The van der Waals surface area contributed by atoms with Gasteiger partial charge in [0.05, 0.1) is 6.61 Å². The van der Waals surface area contributed by atoms with Crippen molar-refractivity contribution in [1.82, 2.24) is 0 Å². The lowest BCUT2D eigenvalue weighted by atomic mass is 9.93. The van der Waals surface area contributed by atoms with Gasteiger partial charge in [-0.1, -0.05) is 60.7 Å². The zero-order valence-corrected chi connectivity index (χ0v) is 12.4. The molecule has 3 rings (SSSR count). The van der Waals surface area contributed by atoms with Gasteiger partial charge >= 0.3 is 6.18 Å². The minimum atomic E-state index is -4.42. The number of benzene rings is 2. The first-order valence-electron chi connectivity index (χ1n) is 7.46. The highest BCUT2D eigenvalue weighted by Gasteiger charge is 2.49. The summed E-state index contributed by atoms with van der Waals surface area (Å²) in [5.41, 5.74) is 1.44. The van der Waals surface area contributed by atoms with E-state index >= 15 is 0 Å². The highest BCUT2D eigenvalue weighted by atomic mass is 19.4. The number of hydrogen-bond donors (Lipinski definition) is 0. The molecule has 2 aromatic rings. The van der Waals surface area contributed by atoms with Crippen molar-refractivity contribution in [2.75, 3.05) is 6.61 Å². The molecular formula is C18H17F3O2. The minimum Gasteiger partial charge on any atom is -0.348 e. The summed E-state index contributed by atoms with van der Waals surface area (Å²) in [5.74, 6) is -0.752. The van der Waals surface area contributed by atoms with Crippen LogP contribution in [0.3, 0.4) is 0 Å². The van der Waals surface area contributed by atoms with Gasteiger partial charge in [0.1, 0.15) is 0 Å². The molecule has 0 bridgehead atoms. The second-order valence-corrected chi connectivity index (χ2v) is 5.62. The van der Waals surface area contributed by atoms with Gasteiger partial charge in [-0.15, -0.1) is 0 Å². The van der Waals surface area contributed by atoms with E-state index in [1.165, 1.54) is 0 Å². The second kappa shape index (κ2) is 6.72. The van der Waals surface area contributed by atoms with Crippen LogP contribution < -0.4 is 0 Å². The van der Waals surface area contributed by atoms with Gasteiger partial charge in [-0.25, -0.2) is 0 Å². The number of hydrogen-bond acceptors (Lipinski definition) is 2. The maximum Gasteiger partial charge on any atom is 0.415 e. The van der Waals surface area contributed by atoms with Crippen LogP contribution in [0.25, 0.3) is 0 Å². The van der Waals surface area contributed by atoms with Crippen LogP contribution in [0.1, 0.15) is 17.4 Å². The predicted molar refractivity (Wildman–Crippen MR) is 79.7 cm³/mol. The van der Waals surface area contributed by atoms with Crippen molar-refractivity contribution in [3.63, 3.8) is 0 Å². The molecule has 0 unspecified atom stereocenters. The third kappa shape index (κ3) is 3.92. The predicted octanol–water partition coefficient (Wildman–Crippen LogP) is 4.52. The van der Waals surface area contributed by atoms with Crippen molar-refractivity contribution in [1.29, 1.82) is 0 Å². The third-order valence-corrected chi connectivity index (χ3v) is 3.90. The molecule has 1 aliphatic heterocycles. The molecular weight excluding hydrogens is 305 g/mol. The number of rotatable bonds is 3. The van der Waals surface area contributed by atoms with Crippen LogP contribution in [0.5, 0.6) is 0 Å². The molecule has 0 aromatic heterocycles. The highest BCUT2D eigenvalue weighted by molar-refractivity contribution is 5.18. The van der Waals surface area contributed by atoms with E-state index in [-0.39, 0.29) is 13.0 Å². The van der Waals surface area contributed by atoms with Gasteiger partial charge in [-0.2, -0.15) is 13.2 Å². The fourth-order valence-electron chi connectivity index (χ4n) is 2.79. The SMILES string of the molecule is FC(F)(F)[C@@H]1O[C@H](c2ccccc2)OC[C@H]1Cc1ccccc1. The van der Waals surface area contributed by atoms with Crippen molar-refractivity contribution in [3.05, 3.63) is 71.8 Å². The van der Waals surface area contributed by atoms with E-state index < -0.39 is 24.5 Å². The van der Waals surface area contributed by atoms with Crippen LogP contribution in [0.4, 0.5) is 13.2 Å². The Hall–Kier alpha value is -1.85. The second-order valence-electron chi connectivity index (χ2n) is 5.62. The first-order valence-corrected chi connectivity index (χ1v) is 7.46. The van der Waals surface area contributed by atoms with Crippen molar-refractivity contribution in [3.8, 4) is 0 Å². The first kappa shape index (κ1) is 16.0. The lowest BCUT2D eigenvalue weighted by molar-refractivity contribution is -0.324. The summed E-state index contributed by atoms with van der Waals surface area (Å²) >= 11 is 0. The van der Waals surface area contributed by atoms with E-state index in [1.807, 2.05) is 30.3 Å². The maximum atomic E-state index is 13.4. The van der Waals surface area contributed by atoms with Gasteiger partial charge in [0.2, 0.25) is 0 Å². The average Bonchev–Trinajstić information content (AvgIpc) is 2.56. The maximum absolute atomic E-state index is 13.4. The molecule has 0 saturated carbocycles. The van der Waals surface area contributed by atoms with Crippen LogP contribution in [-0.2, 0) is 15.9 Å². The normalized spacial score (nSPS) is 25.3. The molecule has 0 aliphatic carbocycles. The van der Waals surface area contributed by atoms with Gasteiger partial charge in [0.25, 0.3) is 0 Å². The monoisotopic (exact) mass is 322 g/mol. The van der Waals surface area contributed by atoms with Gasteiger partial charge in [0.15, 0.2) is 12.4 Å². The molecule has 1 aliphatic rings. The van der Waals surface area contributed by atoms with E-state index in [9.17, 15) is 13.2 Å². The summed E-state index contributed by atoms with van der Waals surface area (Å²) in [6, 6.07) is 17.8. The molecule has 1 fully saturated rings. The standard InChI is InChI=1S/C18H17F3O2/c19-18(20,21)16-15(11-13-7-3-1-4-8-13)12-22-17(23-16)14-9-5-2-6-10-14/h1-10,15-17H,11-12H2/t15-,16-,17-/m1/s1. The summed E-state index contributed by atoms with van der Waals surface area (Å²) in [6.07, 6.45) is -6.96. The molecule has 0 amide bonds. The Bertz CT molecular complexity index is 613. The van der Waals surface area contributed by atoms with Crippen molar-refractivity contribution in [2.24, 2.45) is 5.92 Å². The van der Waals surface area contributed by atoms with Gasteiger partial charge in [-0.05, 0) is 12.0 Å². The van der Waals surface area contributed by atoms with Gasteiger partial charge < -0.3 is 9.47 Å². The molecule has 0 N–H and O–H groups in total. The fraction of sp³-hybridized carbons (Fsp3) is 0.333. The molecule has 122 valence electrons. The molecule has 2 aromatic carbocycles. The van der Waals surface area contributed by atoms with Crippen molar-refractivity contribution >= 4 is 0 Å². The zero-order chi connectivity index (χ0) is 16.3. The molecule has 23 heavy (non-hydrogen) atoms. The van der Waals surface area contributed by atoms with Crippen LogP contribution >= 0.6 is 0 Å². The highest BCUT2D eigenvalue weighted by Crippen LogP contribution is 2.38. The number of alkyl halides is 3. The minimum absolute atomic E-state index is 0.0125. The Balaban J connectivity index is 1.77. The Morgan fingerprint density at radius 3 is 2.13 bits per heavy atom. The molecule has 2 nitrogen and oxygen atoms in total. The quantitative estimate of drug-likeness (QED) is 0.827. The van der Waals surface area contributed by atoms with E-state index in [0.717, 1.165) is 5.56 Å². The molecule has 5 heteroatoms. The molecule has 1 heterocycles. The molecule has 3 atom stereocenters. The summed E-state index contributed by atoms with van der Waals surface area (Å²) in [4.78, 5) is 0. The first-order chi connectivity index (χ1) is 11.0. The number of ether oxygens (including phenoxy) is 2. The van der Waals surface area contributed by atoms with Gasteiger partial charge in [0, 0.05) is 11.5 Å². The van der Waals surface area contributed by atoms with E-state index in [1.54, 1.807) is 30.3 Å². The summed E-state index contributed by atoms with van der Waals surface area (Å²) in [5, 5.41) is 0. The fourth-order valence-corrected chi connectivity index (χ4v) is 2.79. The lowest BCUT2D eigenvalue weighted by Crippen LogP contribution is -2.46. The molecule has 0 radical (unpaired) electrons. The molecule has 0 spiro atoms. The Morgan fingerprint density at radius 2 is 1.52 bits per heavy atom. The van der Waals surface area contributed by atoms with E-state index in [4.69, 9.17) is 9.47 Å². The third-order valence-electron chi connectivity index (χ3n) is 3.90. The zero-order valence-electron chi connectivity index (χ0n) is 12.4. The Kier molecular flexibility index (Phi) is 4.68. The van der Waals surface area contributed by atoms with E-state index in [0.29, 0.717) is 5.56 Å². The number of halogens is 3. The Morgan fingerprint density at radius 1 is 0.913 bits per heavy atom. The van der Waals surface area contributed by atoms with Gasteiger partial charge in [-0.3, -0.25) is 0 Å². The van der Waals surface area contributed by atoms with Crippen LogP contribution in [0.2, 0.25) is 0 Å². The van der Waals surface area contributed by atoms with Crippen LogP contribution in [0.15, 0.2) is 60.7 Å². The van der Waals surface area contributed by atoms with E-state index in [2.05, 4.69) is 0 Å². The average molecular weight is 322 g/mol. The Labute approximate surface area is 132 Å². The lowest BCUT2D eigenvalue weighted by Gasteiger charge is -2.37.